The van der Waals surface area contributed by atoms with Crippen molar-refractivity contribution in [3.8, 4) is 5.75 Å². The Kier molecular flexibility index (Phi) is 7.61. The Balaban J connectivity index is 3.01. The molecule has 118 valence electrons. The topological polar surface area (TPSA) is 26.3 Å². The molecule has 0 spiro atoms. The predicted molar refractivity (Wildman–Crippen MR) is 93.3 cm³/mol. The minimum atomic E-state index is 0.119. The van der Waals surface area contributed by atoms with Crippen LogP contribution < -0.4 is 4.74 Å². The Bertz CT molecular complexity index is 498. The second-order valence-electron chi connectivity index (χ2n) is 5.45. The van der Waals surface area contributed by atoms with Gasteiger partial charge in [-0.2, -0.15) is 11.8 Å². The molecule has 0 aliphatic carbocycles. The molecule has 0 N–H and O–H groups in total. The highest BCUT2D eigenvalue weighted by atomic mass is 35.5. The first-order valence-electron chi connectivity index (χ1n) is 7.45. The highest BCUT2D eigenvalue weighted by molar-refractivity contribution is 7.99. The summed E-state index contributed by atoms with van der Waals surface area (Å²) in [5.41, 5.74) is 2.44. The summed E-state index contributed by atoms with van der Waals surface area (Å²) in [6, 6.07) is 1.88. The van der Waals surface area contributed by atoms with E-state index in [0.29, 0.717) is 34.6 Å². The number of hydrogen-bond acceptors (Lipinski definition) is 3. The number of thioether (sulfide) groups is 1. The summed E-state index contributed by atoms with van der Waals surface area (Å²) >= 11 is 8.10. The molecular weight excluding hydrogens is 304 g/mol. The number of benzene rings is 1. The van der Waals surface area contributed by atoms with Crippen LogP contribution in [0.1, 0.15) is 55.1 Å². The summed E-state index contributed by atoms with van der Waals surface area (Å²) in [6.07, 6.45) is 1.43. The van der Waals surface area contributed by atoms with E-state index in [1.807, 2.05) is 19.9 Å². The van der Waals surface area contributed by atoms with Crippen LogP contribution in [0.5, 0.6) is 5.75 Å². The first-order chi connectivity index (χ1) is 9.88. The first kappa shape index (κ1) is 18.4. The number of halogens is 1. The van der Waals surface area contributed by atoms with Crippen molar-refractivity contribution in [3.05, 3.63) is 27.8 Å². The van der Waals surface area contributed by atoms with Crippen LogP contribution in [-0.2, 0) is 0 Å². The van der Waals surface area contributed by atoms with Gasteiger partial charge in [0.15, 0.2) is 5.78 Å². The molecule has 1 aromatic rings. The Morgan fingerprint density at radius 1 is 1.38 bits per heavy atom. The summed E-state index contributed by atoms with van der Waals surface area (Å²) in [5, 5.41) is 1.20. The van der Waals surface area contributed by atoms with Crippen LogP contribution in [0.2, 0.25) is 5.02 Å². The van der Waals surface area contributed by atoms with Crippen molar-refractivity contribution in [1.82, 2.24) is 0 Å². The van der Waals surface area contributed by atoms with Gasteiger partial charge in [0.2, 0.25) is 0 Å². The van der Waals surface area contributed by atoms with Gasteiger partial charge in [-0.05, 0) is 42.7 Å². The average Bonchev–Trinajstić information content (AvgIpc) is 2.41. The fraction of sp³-hybridized carbons (Fsp3) is 0.588. The van der Waals surface area contributed by atoms with Gasteiger partial charge in [-0.25, -0.2) is 0 Å². The van der Waals surface area contributed by atoms with Gasteiger partial charge in [-0.3, -0.25) is 4.79 Å². The van der Waals surface area contributed by atoms with Gasteiger partial charge in [0.25, 0.3) is 0 Å². The second kappa shape index (κ2) is 8.70. The molecule has 0 aromatic heterocycles. The molecule has 0 aliphatic rings. The highest BCUT2D eigenvalue weighted by Crippen LogP contribution is 2.33. The Hall–Kier alpha value is -0.670. The van der Waals surface area contributed by atoms with Crippen molar-refractivity contribution in [3.63, 3.8) is 0 Å². The Labute approximate surface area is 137 Å². The first-order valence-corrected chi connectivity index (χ1v) is 8.88. The molecule has 0 atom stereocenters. The molecule has 0 bridgehead atoms. The van der Waals surface area contributed by atoms with Gasteiger partial charge in [0, 0.05) is 17.2 Å². The Morgan fingerprint density at radius 2 is 2.05 bits per heavy atom. The zero-order valence-electron chi connectivity index (χ0n) is 13.6. The number of carbonyl (C=O) groups excluding carboxylic acids is 1. The molecule has 0 heterocycles. The normalized spacial score (nSPS) is 11.0. The van der Waals surface area contributed by atoms with Crippen LogP contribution in [0.4, 0.5) is 0 Å². The van der Waals surface area contributed by atoms with Crippen LogP contribution >= 0.6 is 23.4 Å². The molecule has 21 heavy (non-hydrogen) atoms. The number of rotatable bonds is 8. The standard InChI is InChI=1S/C17H25ClO2S/c1-6-8-20-15-10-12(4)17(18)13(5)16(15)14(19)7-9-21-11(2)3/h10-11H,6-9H2,1-5H3. The van der Waals surface area contributed by atoms with Crippen molar-refractivity contribution >= 4 is 29.1 Å². The fourth-order valence-corrected chi connectivity index (χ4v) is 3.03. The van der Waals surface area contributed by atoms with Gasteiger partial charge in [0.05, 0.1) is 12.2 Å². The van der Waals surface area contributed by atoms with Crippen molar-refractivity contribution in [2.75, 3.05) is 12.4 Å². The van der Waals surface area contributed by atoms with Crippen molar-refractivity contribution in [1.29, 1.82) is 0 Å². The summed E-state index contributed by atoms with van der Waals surface area (Å²) < 4.78 is 5.77. The number of hydrogen-bond donors (Lipinski definition) is 0. The van der Waals surface area contributed by atoms with Crippen LogP contribution in [0.3, 0.4) is 0 Å². The predicted octanol–water partition coefficient (Wildman–Crippen LogP) is 5.46. The third-order valence-corrected chi connectivity index (χ3v) is 4.85. The van der Waals surface area contributed by atoms with Crippen molar-refractivity contribution in [2.24, 2.45) is 0 Å². The van der Waals surface area contributed by atoms with Gasteiger partial charge in [-0.1, -0.05) is 32.4 Å². The average molecular weight is 329 g/mol. The van der Waals surface area contributed by atoms with Crippen LogP contribution in [-0.4, -0.2) is 23.4 Å². The van der Waals surface area contributed by atoms with Crippen LogP contribution in [0, 0.1) is 13.8 Å². The molecule has 1 aromatic carbocycles. The molecule has 0 radical (unpaired) electrons. The number of ether oxygens (including phenoxy) is 1. The van der Waals surface area contributed by atoms with Crippen LogP contribution in [0.15, 0.2) is 6.07 Å². The van der Waals surface area contributed by atoms with E-state index in [0.717, 1.165) is 23.3 Å². The quantitative estimate of drug-likeness (QED) is 0.593. The molecule has 1 rings (SSSR count). The van der Waals surface area contributed by atoms with E-state index in [4.69, 9.17) is 16.3 Å². The van der Waals surface area contributed by atoms with E-state index in [2.05, 4.69) is 20.8 Å². The summed E-state index contributed by atoms with van der Waals surface area (Å²) in [7, 11) is 0. The maximum atomic E-state index is 12.5. The molecule has 0 fully saturated rings. The molecular formula is C17H25ClO2S. The minimum Gasteiger partial charge on any atom is -0.493 e. The Morgan fingerprint density at radius 3 is 2.62 bits per heavy atom. The number of ketones is 1. The van der Waals surface area contributed by atoms with Gasteiger partial charge in [-0.15, -0.1) is 0 Å². The lowest BCUT2D eigenvalue weighted by molar-refractivity contribution is 0.0985. The maximum absolute atomic E-state index is 12.5. The summed E-state index contributed by atoms with van der Waals surface area (Å²) in [5.74, 6) is 1.62. The largest absolute Gasteiger partial charge is 0.493 e. The fourth-order valence-electron chi connectivity index (χ4n) is 2.11. The van der Waals surface area contributed by atoms with E-state index < -0.39 is 0 Å². The van der Waals surface area contributed by atoms with Gasteiger partial charge >= 0.3 is 0 Å². The molecule has 0 amide bonds. The second-order valence-corrected chi connectivity index (χ2v) is 7.51. The molecule has 0 saturated carbocycles. The highest BCUT2D eigenvalue weighted by Gasteiger charge is 2.19. The van der Waals surface area contributed by atoms with E-state index in [1.165, 1.54) is 0 Å². The SMILES string of the molecule is CCCOc1cc(C)c(Cl)c(C)c1C(=O)CCSC(C)C. The maximum Gasteiger partial charge on any atom is 0.167 e. The molecule has 0 aliphatic heterocycles. The van der Waals surface area contributed by atoms with Gasteiger partial charge < -0.3 is 4.74 Å². The smallest absolute Gasteiger partial charge is 0.167 e. The summed E-state index contributed by atoms with van der Waals surface area (Å²) in [6.45, 7) is 10.8. The minimum absolute atomic E-state index is 0.119. The van der Waals surface area contributed by atoms with E-state index >= 15 is 0 Å². The lowest BCUT2D eigenvalue weighted by atomic mass is 9.99. The molecule has 0 unspecified atom stereocenters. The lowest BCUT2D eigenvalue weighted by Crippen LogP contribution is -2.09. The zero-order chi connectivity index (χ0) is 16.0. The van der Waals surface area contributed by atoms with E-state index in [1.54, 1.807) is 11.8 Å². The third-order valence-electron chi connectivity index (χ3n) is 3.17. The van der Waals surface area contributed by atoms with E-state index in [9.17, 15) is 4.79 Å². The van der Waals surface area contributed by atoms with Crippen molar-refractivity contribution in [2.45, 2.75) is 52.7 Å². The lowest BCUT2D eigenvalue weighted by Gasteiger charge is -2.16. The van der Waals surface area contributed by atoms with Crippen LogP contribution in [0.25, 0.3) is 0 Å². The van der Waals surface area contributed by atoms with Crippen molar-refractivity contribution < 1.29 is 9.53 Å². The molecule has 4 heteroatoms. The van der Waals surface area contributed by atoms with E-state index in [-0.39, 0.29) is 5.78 Å². The molecule has 0 saturated heterocycles. The zero-order valence-corrected chi connectivity index (χ0v) is 15.2. The number of carbonyl (C=O) groups is 1. The van der Waals surface area contributed by atoms with Gasteiger partial charge in [0.1, 0.15) is 5.75 Å². The monoisotopic (exact) mass is 328 g/mol. The molecule has 2 nitrogen and oxygen atoms in total. The third kappa shape index (κ3) is 5.23. The summed E-state index contributed by atoms with van der Waals surface area (Å²) in [4.78, 5) is 12.5. The number of Topliss-reactive ketones (excluding diaryl/α,β-unsaturated/α-hetero) is 1. The number of aryl methyl sites for hydroxylation is 1.